The molecule has 0 saturated heterocycles. The third-order valence-electron chi connectivity index (χ3n) is 2.90. The molecule has 0 aliphatic heterocycles. The van der Waals surface area contributed by atoms with Crippen molar-refractivity contribution >= 4 is 31.8 Å². The molecule has 8 heteroatoms. The smallest absolute Gasteiger partial charge is 0.246 e. The van der Waals surface area contributed by atoms with Gasteiger partial charge in [0, 0.05) is 43.7 Å². The number of nitrogens with zero attached hydrogens (tertiary/aromatic N) is 3. The maximum absolute atomic E-state index is 12.7. The fraction of sp³-hybridized carbons (Fsp3) is 0.231. The van der Waals surface area contributed by atoms with E-state index >= 15 is 0 Å². The number of sulfonamides is 1. The molecule has 0 radical (unpaired) electrons. The van der Waals surface area contributed by atoms with E-state index in [2.05, 4.69) is 31.2 Å². The van der Waals surface area contributed by atoms with Gasteiger partial charge in [-0.05, 0) is 39.7 Å². The first kappa shape index (κ1) is 15.9. The van der Waals surface area contributed by atoms with Crippen LogP contribution >= 0.6 is 15.9 Å². The monoisotopic (exact) mass is 370 g/mol. The molecule has 0 atom stereocenters. The van der Waals surface area contributed by atoms with Crippen molar-refractivity contribution in [1.29, 1.82) is 0 Å². The molecule has 112 valence electrons. The van der Waals surface area contributed by atoms with Crippen LogP contribution in [-0.4, -0.2) is 36.8 Å². The van der Waals surface area contributed by atoms with E-state index in [1.807, 2.05) is 0 Å². The molecule has 2 aromatic rings. The van der Waals surface area contributed by atoms with Crippen molar-refractivity contribution in [2.75, 3.05) is 19.4 Å². The van der Waals surface area contributed by atoms with Gasteiger partial charge in [-0.3, -0.25) is 4.98 Å². The Morgan fingerprint density at radius 1 is 1.33 bits per heavy atom. The van der Waals surface area contributed by atoms with Crippen LogP contribution in [0.2, 0.25) is 0 Å². The van der Waals surface area contributed by atoms with E-state index in [1.165, 1.54) is 17.4 Å². The van der Waals surface area contributed by atoms with Gasteiger partial charge in [0.05, 0.1) is 0 Å². The van der Waals surface area contributed by atoms with E-state index in [0.29, 0.717) is 10.3 Å². The van der Waals surface area contributed by atoms with Gasteiger partial charge in [0.25, 0.3) is 0 Å². The van der Waals surface area contributed by atoms with Crippen LogP contribution in [0.3, 0.4) is 0 Å². The highest BCUT2D eigenvalue weighted by atomic mass is 79.9. The van der Waals surface area contributed by atoms with Gasteiger partial charge in [-0.15, -0.1) is 0 Å². The molecule has 0 saturated carbocycles. The summed E-state index contributed by atoms with van der Waals surface area (Å²) in [5, 5.41) is 2.80. The predicted molar refractivity (Wildman–Crippen MR) is 84.4 cm³/mol. The fourth-order valence-electron chi connectivity index (χ4n) is 1.80. The number of nitrogens with one attached hydrogen (secondary N) is 1. The summed E-state index contributed by atoms with van der Waals surface area (Å²) in [6.07, 6.45) is 4.82. The van der Waals surface area contributed by atoms with E-state index in [-0.39, 0.29) is 11.4 Å². The summed E-state index contributed by atoms with van der Waals surface area (Å²) < 4.78 is 27.2. The third kappa shape index (κ3) is 3.58. The van der Waals surface area contributed by atoms with Crippen LogP contribution < -0.4 is 5.32 Å². The summed E-state index contributed by atoms with van der Waals surface area (Å²) in [6.45, 7) is 0.264. The van der Waals surface area contributed by atoms with E-state index in [9.17, 15) is 8.42 Å². The van der Waals surface area contributed by atoms with Crippen LogP contribution in [0.1, 0.15) is 5.56 Å². The first-order valence-corrected chi connectivity index (χ1v) is 8.37. The molecule has 0 aliphatic rings. The quantitative estimate of drug-likeness (QED) is 0.871. The van der Waals surface area contributed by atoms with Crippen molar-refractivity contribution in [1.82, 2.24) is 14.3 Å². The average Bonchev–Trinajstić information content (AvgIpc) is 2.48. The van der Waals surface area contributed by atoms with Gasteiger partial charge < -0.3 is 5.32 Å². The van der Waals surface area contributed by atoms with Crippen molar-refractivity contribution in [2.24, 2.45) is 0 Å². The Morgan fingerprint density at radius 3 is 2.62 bits per heavy atom. The Balaban J connectivity index is 2.35. The highest BCUT2D eigenvalue weighted by Gasteiger charge is 2.25. The first-order chi connectivity index (χ1) is 9.95. The molecule has 0 fully saturated rings. The maximum Gasteiger partial charge on any atom is 0.246 e. The van der Waals surface area contributed by atoms with Crippen LogP contribution in [0.25, 0.3) is 0 Å². The molecule has 0 bridgehead atoms. The summed E-state index contributed by atoms with van der Waals surface area (Å²) in [5.74, 6) is 0.319. The van der Waals surface area contributed by atoms with Gasteiger partial charge in [-0.25, -0.2) is 13.4 Å². The van der Waals surface area contributed by atoms with Gasteiger partial charge in [0.15, 0.2) is 0 Å². The van der Waals surface area contributed by atoms with Gasteiger partial charge in [-0.2, -0.15) is 4.31 Å². The summed E-state index contributed by atoms with van der Waals surface area (Å²) in [5.41, 5.74) is 0.866. The highest BCUT2D eigenvalue weighted by Crippen LogP contribution is 2.25. The van der Waals surface area contributed by atoms with Gasteiger partial charge >= 0.3 is 0 Å². The van der Waals surface area contributed by atoms with Crippen molar-refractivity contribution in [3.05, 3.63) is 46.8 Å². The SMILES string of the molecule is CNc1ncc(Br)cc1S(=O)(=O)N(C)Cc1ccncc1. The molecule has 1 N–H and O–H groups in total. The Bertz CT molecular complexity index is 722. The Labute approximate surface area is 132 Å². The highest BCUT2D eigenvalue weighted by molar-refractivity contribution is 9.10. The van der Waals surface area contributed by atoms with Crippen LogP contribution in [0.4, 0.5) is 5.82 Å². The van der Waals surface area contributed by atoms with Crippen LogP contribution in [0, 0.1) is 0 Å². The molecule has 2 heterocycles. The number of rotatable bonds is 5. The normalized spacial score (nSPS) is 11.6. The Hall–Kier alpha value is -1.51. The molecule has 6 nitrogen and oxygen atoms in total. The second-order valence-corrected chi connectivity index (χ2v) is 7.30. The minimum atomic E-state index is -3.64. The maximum atomic E-state index is 12.7. The number of anilines is 1. The Kier molecular flexibility index (Phi) is 4.92. The lowest BCUT2D eigenvalue weighted by molar-refractivity contribution is 0.466. The average molecular weight is 371 g/mol. The summed E-state index contributed by atoms with van der Waals surface area (Å²) in [4.78, 5) is 8.13. The molecule has 0 unspecified atom stereocenters. The molecule has 0 spiro atoms. The summed E-state index contributed by atoms with van der Waals surface area (Å²) in [6, 6.07) is 5.10. The second-order valence-electron chi connectivity index (χ2n) is 4.37. The molecule has 0 aliphatic carbocycles. The topological polar surface area (TPSA) is 75.2 Å². The van der Waals surface area contributed by atoms with Gasteiger partial charge in [0.2, 0.25) is 10.0 Å². The van der Waals surface area contributed by atoms with E-state index in [1.54, 1.807) is 37.8 Å². The lowest BCUT2D eigenvalue weighted by Crippen LogP contribution is -2.27. The van der Waals surface area contributed by atoms with Crippen molar-refractivity contribution in [2.45, 2.75) is 11.4 Å². The van der Waals surface area contributed by atoms with E-state index < -0.39 is 10.0 Å². The number of pyridine rings is 2. The fourth-order valence-corrected chi connectivity index (χ4v) is 3.62. The molecule has 2 rings (SSSR count). The zero-order valence-corrected chi connectivity index (χ0v) is 14.0. The molecule has 0 amide bonds. The van der Waals surface area contributed by atoms with Crippen molar-refractivity contribution in [3.8, 4) is 0 Å². The largest absolute Gasteiger partial charge is 0.372 e. The third-order valence-corrected chi connectivity index (χ3v) is 5.15. The minimum Gasteiger partial charge on any atom is -0.372 e. The van der Waals surface area contributed by atoms with Crippen molar-refractivity contribution < 1.29 is 8.42 Å². The van der Waals surface area contributed by atoms with Crippen LogP contribution in [-0.2, 0) is 16.6 Å². The minimum absolute atomic E-state index is 0.135. The molecule has 21 heavy (non-hydrogen) atoms. The summed E-state index contributed by atoms with van der Waals surface area (Å²) in [7, 11) is -0.470. The molecular weight excluding hydrogens is 356 g/mol. The number of hydrogen-bond donors (Lipinski definition) is 1. The first-order valence-electron chi connectivity index (χ1n) is 6.13. The second kappa shape index (κ2) is 6.50. The lowest BCUT2D eigenvalue weighted by atomic mass is 10.3. The molecule has 2 aromatic heterocycles. The number of hydrogen-bond acceptors (Lipinski definition) is 5. The van der Waals surface area contributed by atoms with E-state index in [4.69, 9.17) is 0 Å². The van der Waals surface area contributed by atoms with Gasteiger partial charge in [0.1, 0.15) is 10.7 Å². The number of aromatic nitrogens is 2. The van der Waals surface area contributed by atoms with E-state index in [0.717, 1.165) is 5.56 Å². The standard InChI is InChI=1S/C13H15BrN4O2S/c1-15-13-12(7-11(14)8-17-13)21(19,20)18(2)9-10-3-5-16-6-4-10/h3-8H,9H2,1-2H3,(H,15,17). The predicted octanol–water partition coefficient (Wildman–Crippen LogP) is 2.10. The zero-order valence-electron chi connectivity index (χ0n) is 11.6. The van der Waals surface area contributed by atoms with Gasteiger partial charge in [-0.1, -0.05) is 0 Å². The molecular formula is C13H15BrN4O2S. The summed E-state index contributed by atoms with van der Waals surface area (Å²) >= 11 is 3.25. The lowest BCUT2D eigenvalue weighted by Gasteiger charge is -2.19. The van der Waals surface area contributed by atoms with Crippen LogP contribution in [0.5, 0.6) is 0 Å². The Morgan fingerprint density at radius 2 is 2.00 bits per heavy atom. The van der Waals surface area contributed by atoms with Crippen LogP contribution in [0.15, 0.2) is 46.2 Å². The molecule has 0 aromatic carbocycles. The van der Waals surface area contributed by atoms with Crippen molar-refractivity contribution in [3.63, 3.8) is 0 Å². The zero-order chi connectivity index (χ0) is 15.5. The number of halogens is 1.